The molecule has 4 rings (SSSR count). The number of hydrogen-bond acceptors (Lipinski definition) is 7. The molecule has 10 heteroatoms. The van der Waals surface area contributed by atoms with E-state index in [1.54, 1.807) is 7.05 Å². The van der Waals surface area contributed by atoms with Gasteiger partial charge in [-0.3, -0.25) is 14.2 Å². The fourth-order valence-corrected chi connectivity index (χ4v) is 2.97. The van der Waals surface area contributed by atoms with Crippen molar-refractivity contribution in [3.63, 3.8) is 0 Å². The Hall–Kier alpha value is -3.95. The molecule has 10 nitrogen and oxygen atoms in total. The Morgan fingerprint density at radius 3 is 2.66 bits per heavy atom. The fourth-order valence-electron chi connectivity index (χ4n) is 2.97. The summed E-state index contributed by atoms with van der Waals surface area (Å²) in [7, 11) is 3.12. The van der Waals surface area contributed by atoms with Crippen LogP contribution in [0.3, 0.4) is 0 Å². The molecule has 3 aromatic heterocycles. The summed E-state index contributed by atoms with van der Waals surface area (Å²) >= 11 is 0. The molecule has 0 saturated heterocycles. The Kier molecular flexibility index (Phi) is 4.59. The summed E-state index contributed by atoms with van der Waals surface area (Å²) in [5.41, 5.74) is 0.0562. The largest absolute Gasteiger partial charge is 0.454 e. The molecule has 0 radical (unpaired) electrons. The minimum Gasteiger partial charge on any atom is -0.454 e. The van der Waals surface area contributed by atoms with Crippen molar-refractivity contribution >= 4 is 17.1 Å². The summed E-state index contributed by atoms with van der Waals surface area (Å²) < 4.78 is 14.2. The number of rotatable bonds is 5. The van der Waals surface area contributed by atoms with Gasteiger partial charge in [0.2, 0.25) is 5.89 Å². The summed E-state index contributed by atoms with van der Waals surface area (Å²) in [6.07, 6.45) is 2.97. The Balaban J connectivity index is 1.50. The average Bonchev–Trinajstić information content (AvgIpc) is 3.36. The third kappa shape index (κ3) is 3.35. The van der Waals surface area contributed by atoms with E-state index in [0.717, 1.165) is 10.1 Å². The first-order valence-electron chi connectivity index (χ1n) is 8.72. The van der Waals surface area contributed by atoms with Crippen molar-refractivity contribution in [3.8, 4) is 11.3 Å². The van der Waals surface area contributed by atoms with Crippen LogP contribution >= 0.6 is 0 Å². The Morgan fingerprint density at radius 2 is 1.90 bits per heavy atom. The van der Waals surface area contributed by atoms with Crippen LogP contribution in [0, 0.1) is 0 Å². The van der Waals surface area contributed by atoms with E-state index in [4.69, 9.17) is 9.15 Å². The lowest BCUT2D eigenvalue weighted by Gasteiger charge is -2.08. The maximum Gasteiger partial charge on any atom is 0.333 e. The van der Waals surface area contributed by atoms with Crippen LogP contribution in [0.1, 0.15) is 5.89 Å². The van der Waals surface area contributed by atoms with Crippen molar-refractivity contribution in [2.24, 2.45) is 14.1 Å². The molecular formula is C19H17N5O5. The molecule has 0 aliphatic heterocycles. The summed E-state index contributed by atoms with van der Waals surface area (Å²) in [6, 6.07) is 9.36. The van der Waals surface area contributed by atoms with E-state index in [1.165, 1.54) is 28.7 Å². The van der Waals surface area contributed by atoms with Gasteiger partial charge in [-0.05, 0) is 0 Å². The molecular weight excluding hydrogens is 378 g/mol. The van der Waals surface area contributed by atoms with Gasteiger partial charge in [-0.2, -0.15) is 0 Å². The highest BCUT2D eigenvalue weighted by Crippen LogP contribution is 2.19. The van der Waals surface area contributed by atoms with Gasteiger partial charge in [0.15, 0.2) is 23.5 Å². The van der Waals surface area contributed by atoms with Crippen LogP contribution in [0.15, 0.2) is 56.9 Å². The minimum absolute atomic E-state index is 0.208. The molecule has 148 valence electrons. The number of hydrogen-bond donors (Lipinski definition) is 0. The lowest BCUT2D eigenvalue weighted by Crippen LogP contribution is -2.41. The van der Waals surface area contributed by atoms with Crippen LogP contribution in [0.4, 0.5) is 0 Å². The van der Waals surface area contributed by atoms with Crippen LogP contribution in [0.2, 0.25) is 0 Å². The van der Waals surface area contributed by atoms with Crippen molar-refractivity contribution in [2.45, 2.75) is 13.2 Å². The number of nitrogens with zero attached hydrogens (tertiary/aromatic N) is 5. The molecule has 3 heterocycles. The minimum atomic E-state index is -0.759. The van der Waals surface area contributed by atoms with Crippen LogP contribution in [0.5, 0.6) is 0 Å². The van der Waals surface area contributed by atoms with Gasteiger partial charge in [-0.15, -0.1) is 0 Å². The number of carbonyl (C=O) groups is 1. The normalized spacial score (nSPS) is 11.1. The maximum absolute atomic E-state index is 12.6. The number of carbonyl (C=O) groups excluding carboxylic acids is 1. The third-order valence-electron chi connectivity index (χ3n) is 4.46. The number of aromatic nitrogens is 5. The van der Waals surface area contributed by atoms with Gasteiger partial charge in [0.05, 0.1) is 12.5 Å². The van der Waals surface area contributed by atoms with E-state index >= 15 is 0 Å². The molecule has 0 spiro atoms. The van der Waals surface area contributed by atoms with Gasteiger partial charge in [0, 0.05) is 19.7 Å². The fraction of sp³-hybridized carbons (Fsp3) is 0.211. The van der Waals surface area contributed by atoms with Gasteiger partial charge in [-0.1, -0.05) is 30.3 Å². The second-order valence-electron chi connectivity index (χ2n) is 6.41. The third-order valence-corrected chi connectivity index (χ3v) is 4.46. The van der Waals surface area contributed by atoms with Crippen LogP contribution in [0.25, 0.3) is 22.5 Å². The van der Waals surface area contributed by atoms with E-state index in [1.807, 2.05) is 30.3 Å². The molecule has 4 aromatic rings. The highest BCUT2D eigenvalue weighted by molar-refractivity contribution is 5.72. The first-order chi connectivity index (χ1) is 14.0. The quantitative estimate of drug-likeness (QED) is 0.460. The van der Waals surface area contributed by atoms with Gasteiger partial charge in [0.25, 0.3) is 5.56 Å². The standard InChI is InChI=1S/C19H17N5O5/c1-22-11-21-17-16(22)18(26)24(19(27)23(17)2)9-15(25)28-10-14-20-8-13(29-14)12-6-4-3-5-7-12/h3-8,11H,9-10H2,1-2H3. The second-order valence-corrected chi connectivity index (χ2v) is 6.41. The summed E-state index contributed by atoms with van der Waals surface area (Å²) in [5.74, 6) is -0.00637. The van der Waals surface area contributed by atoms with Gasteiger partial charge < -0.3 is 13.7 Å². The predicted molar refractivity (Wildman–Crippen MR) is 102 cm³/mol. The molecule has 0 atom stereocenters. The van der Waals surface area contributed by atoms with Crippen LogP contribution in [-0.4, -0.2) is 29.6 Å². The average molecular weight is 395 g/mol. The number of benzene rings is 1. The monoisotopic (exact) mass is 395 g/mol. The topological polar surface area (TPSA) is 114 Å². The van der Waals surface area contributed by atoms with Crippen molar-refractivity contribution in [3.05, 3.63) is 69.6 Å². The molecule has 0 aliphatic rings. The number of esters is 1. The number of ether oxygens (including phenoxy) is 1. The molecule has 0 bridgehead atoms. The van der Waals surface area contributed by atoms with Crippen molar-refractivity contribution in [1.82, 2.24) is 23.7 Å². The van der Waals surface area contributed by atoms with E-state index in [9.17, 15) is 14.4 Å². The van der Waals surface area contributed by atoms with E-state index in [-0.39, 0.29) is 23.7 Å². The Bertz CT molecular complexity index is 1310. The zero-order chi connectivity index (χ0) is 20.5. The predicted octanol–water partition coefficient (Wildman–Crippen LogP) is 0.832. The highest BCUT2D eigenvalue weighted by atomic mass is 16.5. The lowest BCUT2D eigenvalue weighted by molar-refractivity contribution is -0.146. The maximum atomic E-state index is 12.6. The molecule has 29 heavy (non-hydrogen) atoms. The van der Waals surface area contributed by atoms with Crippen molar-refractivity contribution < 1.29 is 13.9 Å². The molecule has 0 saturated carbocycles. The summed E-state index contributed by atoms with van der Waals surface area (Å²) in [4.78, 5) is 45.4. The summed E-state index contributed by atoms with van der Waals surface area (Å²) in [5, 5.41) is 0. The number of oxazole rings is 1. The number of imidazole rings is 1. The van der Waals surface area contributed by atoms with Crippen molar-refractivity contribution in [2.75, 3.05) is 0 Å². The molecule has 0 fully saturated rings. The first-order valence-corrected chi connectivity index (χ1v) is 8.72. The number of fused-ring (bicyclic) bond motifs is 1. The van der Waals surface area contributed by atoms with Gasteiger partial charge >= 0.3 is 11.7 Å². The van der Waals surface area contributed by atoms with Gasteiger partial charge in [-0.25, -0.2) is 19.3 Å². The summed E-state index contributed by atoms with van der Waals surface area (Å²) in [6.45, 7) is -0.742. The first kappa shape index (κ1) is 18.4. The van der Waals surface area contributed by atoms with E-state index < -0.39 is 23.8 Å². The van der Waals surface area contributed by atoms with E-state index in [0.29, 0.717) is 5.76 Å². The SMILES string of the molecule is Cn1cnc2c1c(=O)n(CC(=O)OCc1ncc(-c3ccccc3)o1)c(=O)n2C. The number of aryl methyl sites for hydroxylation is 2. The van der Waals surface area contributed by atoms with Gasteiger partial charge in [0.1, 0.15) is 6.54 Å². The molecule has 0 aliphatic carbocycles. The molecule has 0 amide bonds. The lowest BCUT2D eigenvalue weighted by atomic mass is 10.2. The highest BCUT2D eigenvalue weighted by Gasteiger charge is 2.18. The van der Waals surface area contributed by atoms with Crippen molar-refractivity contribution in [1.29, 1.82) is 0 Å². The zero-order valence-electron chi connectivity index (χ0n) is 15.7. The van der Waals surface area contributed by atoms with Crippen LogP contribution in [-0.2, 0) is 36.8 Å². The van der Waals surface area contributed by atoms with Crippen LogP contribution < -0.4 is 11.2 Å². The molecule has 1 aromatic carbocycles. The Morgan fingerprint density at radius 1 is 1.14 bits per heavy atom. The zero-order valence-corrected chi connectivity index (χ0v) is 15.7. The second kappa shape index (κ2) is 7.23. The Labute approximate surface area is 163 Å². The molecule has 0 unspecified atom stereocenters. The smallest absolute Gasteiger partial charge is 0.333 e. The van der Waals surface area contributed by atoms with E-state index in [2.05, 4.69) is 9.97 Å². The molecule has 0 N–H and O–H groups in total.